The van der Waals surface area contributed by atoms with Crippen molar-refractivity contribution in [1.29, 1.82) is 0 Å². The van der Waals surface area contributed by atoms with Crippen LogP contribution in [0.25, 0.3) is 0 Å². The van der Waals surface area contributed by atoms with Crippen molar-refractivity contribution in [3.63, 3.8) is 0 Å². The molecule has 1 aromatic heterocycles. The van der Waals surface area contributed by atoms with Crippen LogP contribution in [0.5, 0.6) is 5.75 Å². The first-order valence-electron chi connectivity index (χ1n) is 9.09. The summed E-state index contributed by atoms with van der Waals surface area (Å²) in [6, 6.07) is 14.6. The van der Waals surface area contributed by atoms with Crippen LogP contribution in [0.2, 0.25) is 0 Å². The highest BCUT2D eigenvalue weighted by atomic mass is 32.2. The molecule has 29 heavy (non-hydrogen) atoms. The van der Waals surface area contributed by atoms with Gasteiger partial charge in [0, 0.05) is 18.0 Å². The number of pyridine rings is 1. The van der Waals surface area contributed by atoms with Gasteiger partial charge >= 0.3 is 10.1 Å². The Morgan fingerprint density at radius 1 is 1.07 bits per heavy atom. The Hall–Kier alpha value is -3.19. The molecular weight excluding hydrogens is 388 g/mol. The average molecular weight is 410 g/mol. The highest BCUT2D eigenvalue weighted by Crippen LogP contribution is 2.23. The van der Waals surface area contributed by atoms with Gasteiger partial charge in [-0.2, -0.15) is 8.42 Å². The standard InChI is InChI=1S/C22H22N2O4S/c1-15-6-7-16(2)21(13-15)29(26,27)28-20-10-8-18(9-11-20)22(25)24-17(3)19-5-4-12-23-14-19/h4-14,17H,1-3H3,(H,24,25). The van der Waals surface area contributed by atoms with Gasteiger partial charge in [0.25, 0.3) is 5.91 Å². The van der Waals surface area contributed by atoms with E-state index in [9.17, 15) is 13.2 Å². The zero-order valence-electron chi connectivity index (χ0n) is 16.4. The Balaban J connectivity index is 1.71. The van der Waals surface area contributed by atoms with E-state index in [4.69, 9.17) is 4.18 Å². The smallest absolute Gasteiger partial charge is 0.339 e. The number of aromatic nitrogens is 1. The molecule has 0 saturated carbocycles. The van der Waals surface area contributed by atoms with Gasteiger partial charge in [0.05, 0.1) is 6.04 Å². The maximum atomic E-state index is 12.6. The SMILES string of the molecule is Cc1ccc(C)c(S(=O)(=O)Oc2ccc(C(=O)NC(C)c3cccnc3)cc2)c1. The number of nitrogens with zero attached hydrogens (tertiary/aromatic N) is 1. The first-order valence-corrected chi connectivity index (χ1v) is 10.5. The molecule has 0 spiro atoms. The predicted molar refractivity (Wildman–Crippen MR) is 110 cm³/mol. The molecule has 3 rings (SSSR count). The van der Waals surface area contributed by atoms with Gasteiger partial charge in [0.1, 0.15) is 10.6 Å². The van der Waals surface area contributed by atoms with Gasteiger partial charge in [-0.1, -0.05) is 18.2 Å². The molecule has 0 fully saturated rings. The molecular formula is C22H22N2O4S. The van der Waals surface area contributed by atoms with Gasteiger partial charge in [0.2, 0.25) is 0 Å². The third-order valence-electron chi connectivity index (χ3n) is 4.47. The zero-order valence-corrected chi connectivity index (χ0v) is 17.2. The van der Waals surface area contributed by atoms with E-state index in [0.717, 1.165) is 11.1 Å². The van der Waals surface area contributed by atoms with E-state index < -0.39 is 10.1 Å². The Bertz CT molecular complexity index is 1110. The lowest BCUT2D eigenvalue weighted by atomic mass is 10.1. The fourth-order valence-corrected chi connectivity index (χ4v) is 4.05. The highest BCUT2D eigenvalue weighted by Gasteiger charge is 2.20. The summed E-state index contributed by atoms with van der Waals surface area (Å²) in [5.41, 5.74) is 2.72. The van der Waals surface area contributed by atoms with Crippen molar-refractivity contribution in [2.24, 2.45) is 0 Å². The minimum atomic E-state index is -3.96. The fourth-order valence-electron chi connectivity index (χ4n) is 2.81. The summed E-state index contributed by atoms with van der Waals surface area (Å²) in [4.78, 5) is 16.6. The van der Waals surface area contributed by atoms with E-state index in [-0.39, 0.29) is 22.6 Å². The third-order valence-corrected chi connectivity index (χ3v) is 5.86. The van der Waals surface area contributed by atoms with Gasteiger partial charge < -0.3 is 9.50 Å². The Morgan fingerprint density at radius 2 is 1.79 bits per heavy atom. The Labute approximate surface area is 170 Å². The molecule has 1 amide bonds. The molecule has 1 unspecified atom stereocenters. The highest BCUT2D eigenvalue weighted by molar-refractivity contribution is 7.87. The van der Waals surface area contributed by atoms with Crippen molar-refractivity contribution in [3.8, 4) is 5.75 Å². The molecule has 0 aliphatic rings. The van der Waals surface area contributed by atoms with Gasteiger partial charge in [-0.05, 0) is 73.9 Å². The lowest BCUT2D eigenvalue weighted by molar-refractivity contribution is 0.0940. The summed E-state index contributed by atoms with van der Waals surface area (Å²) >= 11 is 0. The Kier molecular flexibility index (Phi) is 5.98. The largest absolute Gasteiger partial charge is 0.379 e. The van der Waals surface area contributed by atoms with Crippen molar-refractivity contribution in [2.45, 2.75) is 31.7 Å². The van der Waals surface area contributed by atoms with Crippen molar-refractivity contribution in [2.75, 3.05) is 0 Å². The summed E-state index contributed by atoms with van der Waals surface area (Å²) in [5, 5.41) is 2.88. The van der Waals surface area contributed by atoms with Gasteiger partial charge in [-0.3, -0.25) is 9.78 Å². The zero-order chi connectivity index (χ0) is 21.0. The van der Waals surface area contributed by atoms with Crippen LogP contribution in [0, 0.1) is 13.8 Å². The number of nitrogens with one attached hydrogen (secondary N) is 1. The van der Waals surface area contributed by atoms with E-state index >= 15 is 0 Å². The second-order valence-electron chi connectivity index (χ2n) is 6.81. The van der Waals surface area contributed by atoms with Crippen molar-refractivity contribution < 1.29 is 17.4 Å². The number of carbonyl (C=O) groups excluding carboxylic acids is 1. The first-order chi connectivity index (χ1) is 13.8. The molecule has 0 bridgehead atoms. The number of amides is 1. The van der Waals surface area contributed by atoms with Crippen LogP contribution in [0.1, 0.15) is 40.0 Å². The molecule has 0 aliphatic heterocycles. The number of aryl methyl sites for hydroxylation is 2. The van der Waals surface area contributed by atoms with Crippen molar-refractivity contribution >= 4 is 16.0 Å². The Morgan fingerprint density at radius 3 is 2.45 bits per heavy atom. The fraction of sp³-hybridized carbons (Fsp3) is 0.182. The van der Waals surface area contributed by atoms with Gasteiger partial charge in [0.15, 0.2) is 0 Å². The number of hydrogen-bond donors (Lipinski definition) is 1. The molecule has 1 heterocycles. The molecule has 1 atom stereocenters. The van der Waals surface area contributed by atoms with Crippen LogP contribution in [0.15, 0.2) is 71.9 Å². The molecule has 3 aromatic rings. The van der Waals surface area contributed by atoms with Crippen molar-refractivity contribution in [3.05, 3.63) is 89.2 Å². The molecule has 6 nitrogen and oxygen atoms in total. The second-order valence-corrected chi connectivity index (χ2v) is 8.33. The van der Waals surface area contributed by atoms with E-state index in [1.165, 1.54) is 24.3 Å². The van der Waals surface area contributed by atoms with Crippen LogP contribution in [0.4, 0.5) is 0 Å². The van der Waals surface area contributed by atoms with Gasteiger partial charge in [-0.15, -0.1) is 0 Å². The van der Waals surface area contributed by atoms with Crippen LogP contribution < -0.4 is 9.50 Å². The third kappa shape index (κ3) is 5.00. The summed E-state index contributed by atoms with van der Waals surface area (Å²) in [6.45, 7) is 5.40. The summed E-state index contributed by atoms with van der Waals surface area (Å²) in [7, 11) is -3.96. The van der Waals surface area contributed by atoms with E-state index in [0.29, 0.717) is 11.1 Å². The molecule has 1 N–H and O–H groups in total. The maximum absolute atomic E-state index is 12.6. The van der Waals surface area contributed by atoms with Crippen LogP contribution in [0.3, 0.4) is 0 Å². The van der Waals surface area contributed by atoms with Crippen molar-refractivity contribution in [1.82, 2.24) is 10.3 Å². The normalized spacial score (nSPS) is 12.2. The number of hydrogen-bond acceptors (Lipinski definition) is 5. The van der Waals surface area contributed by atoms with Crippen LogP contribution in [-0.4, -0.2) is 19.3 Å². The topological polar surface area (TPSA) is 85.4 Å². The predicted octanol–water partition coefficient (Wildman–Crippen LogP) is 3.96. The van der Waals surface area contributed by atoms with Crippen LogP contribution in [-0.2, 0) is 10.1 Å². The van der Waals surface area contributed by atoms with Crippen LogP contribution >= 0.6 is 0 Å². The summed E-state index contributed by atoms with van der Waals surface area (Å²) < 4.78 is 30.4. The van der Waals surface area contributed by atoms with E-state index in [1.54, 1.807) is 37.5 Å². The minimum absolute atomic E-state index is 0.129. The lowest BCUT2D eigenvalue weighted by Crippen LogP contribution is -2.26. The first kappa shape index (κ1) is 20.5. The maximum Gasteiger partial charge on any atom is 0.339 e. The summed E-state index contributed by atoms with van der Waals surface area (Å²) in [6.07, 6.45) is 3.36. The quantitative estimate of drug-likeness (QED) is 0.622. The lowest BCUT2D eigenvalue weighted by Gasteiger charge is -2.14. The molecule has 2 aromatic carbocycles. The van der Waals surface area contributed by atoms with Gasteiger partial charge in [-0.25, -0.2) is 0 Å². The number of rotatable bonds is 6. The second kappa shape index (κ2) is 8.45. The number of carbonyl (C=O) groups is 1. The monoisotopic (exact) mass is 410 g/mol. The molecule has 0 aliphatic carbocycles. The molecule has 150 valence electrons. The molecule has 0 radical (unpaired) electrons. The van der Waals surface area contributed by atoms with E-state index in [1.807, 2.05) is 26.0 Å². The minimum Gasteiger partial charge on any atom is -0.379 e. The summed E-state index contributed by atoms with van der Waals surface area (Å²) in [5.74, 6) is -0.131. The molecule has 0 saturated heterocycles. The number of benzene rings is 2. The van der Waals surface area contributed by atoms with E-state index in [2.05, 4.69) is 10.3 Å². The molecule has 7 heteroatoms. The average Bonchev–Trinajstić information content (AvgIpc) is 2.70.